The van der Waals surface area contributed by atoms with E-state index in [4.69, 9.17) is 0 Å². The van der Waals surface area contributed by atoms with E-state index < -0.39 is 0 Å². The minimum Gasteiger partial charge on any atom is -0.0654 e. The van der Waals surface area contributed by atoms with Gasteiger partial charge < -0.3 is 0 Å². The summed E-state index contributed by atoms with van der Waals surface area (Å²) < 4.78 is 0. The van der Waals surface area contributed by atoms with Crippen molar-refractivity contribution in [3.8, 4) is 0 Å². The molecule has 0 spiro atoms. The van der Waals surface area contributed by atoms with Crippen LogP contribution in [0.5, 0.6) is 0 Å². The molecule has 0 heteroatoms. The van der Waals surface area contributed by atoms with Gasteiger partial charge in [0.1, 0.15) is 0 Å². The zero-order valence-electron chi connectivity index (χ0n) is 10.6. The molecule has 0 amide bonds. The molecule has 1 rings (SSSR count). The molecule has 0 nitrogen and oxygen atoms in total. The highest BCUT2D eigenvalue weighted by atomic mass is 14.2. The first-order chi connectivity index (χ1) is 7.20. The van der Waals surface area contributed by atoms with E-state index in [1.807, 2.05) is 0 Å². The summed E-state index contributed by atoms with van der Waals surface area (Å²) in [5.41, 5.74) is 4.51. The molecule has 0 aliphatic heterocycles. The monoisotopic (exact) mass is 204 g/mol. The van der Waals surface area contributed by atoms with Crippen LogP contribution >= 0.6 is 0 Å². The summed E-state index contributed by atoms with van der Waals surface area (Å²) >= 11 is 0. The van der Waals surface area contributed by atoms with Crippen LogP contribution in [0.1, 0.15) is 62.1 Å². The molecule has 0 aliphatic rings. The molecular formula is C15H24. The van der Waals surface area contributed by atoms with Gasteiger partial charge in [0.25, 0.3) is 0 Å². The lowest BCUT2D eigenvalue weighted by Gasteiger charge is -2.18. The Morgan fingerprint density at radius 3 is 2.47 bits per heavy atom. The molecule has 1 atom stereocenters. The molecule has 84 valence electrons. The van der Waals surface area contributed by atoms with Gasteiger partial charge in [0, 0.05) is 0 Å². The third-order valence-corrected chi connectivity index (χ3v) is 3.49. The highest BCUT2D eigenvalue weighted by molar-refractivity contribution is 5.35. The second kappa shape index (κ2) is 5.95. The van der Waals surface area contributed by atoms with E-state index in [9.17, 15) is 0 Å². The quantitative estimate of drug-likeness (QED) is 0.634. The highest BCUT2D eigenvalue weighted by Gasteiger charge is 2.11. The Morgan fingerprint density at radius 1 is 1.13 bits per heavy atom. The van der Waals surface area contributed by atoms with Crippen molar-refractivity contribution < 1.29 is 0 Å². The molecule has 1 aromatic carbocycles. The average molecular weight is 204 g/mol. The summed E-state index contributed by atoms with van der Waals surface area (Å²) in [6, 6.07) is 6.73. The molecule has 15 heavy (non-hydrogen) atoms. The molecule has 1 aromatic rings. The van der Waals surface area contributed by atoms with E-state index in [-0.39, 0.29) is 0 Å². The lowest BCUT2D eigenvalue weighted by Crippen LogP contribution is -2.01. The maximum atomic E-state index is 2.31. The predicted molar refractivity (Wildman–Crippen MR) is 68.5 cm³/mol. The summed E-state index contributed by atoms with van der Waals surface area (Å²) in [7, 11) is 0. The van der Waals surface area contributed by atoms with Crippen LogP contribution < -0.4 is 0 Å². The normalized spacial score (nSPS) is 12.8. The molecule has 0 N–H and O–H groups in total. The van der Waals surface area contributed by atoms with Crippen LogP contribution in [-0.2, 0) is 0 Å². The minimum absolute atomic E-state index is 0.768. The van der Waals surface area contributed by atoms with Gasteiger partial charge in [0.2, 0.25) is 0 Å². The van der Waals surface area contributed by atoms with Crippen LogP contribution in [0.25, 0.3) is 0 Å². The first-order valence-electron chi connectivity index (χ1n) is 6.26. The van der Waals surface area contributed by atoms with Gasteiger partial charge in [0.05, 0.1) is 0 Å². The number of rotatable bonds is 5. The fourth-order valence-corrected chi connectivity index (χ4v) is 2.25. The molecule has 0 bridgehead atoms. The van der Waals surface area contributed by atoms with Crippen molar-refractivity contribution in [1.82, 2.24) is 0 Å². The SMILES string of the molecule is CCCC[C@@H](CC)c1cccc(C)c1C. The Hall–Kier alpha value is -0.780. The van der Waals surface area contributed by atoms with E-state index in [2.05, 4.69) is 45.9 Å². The first kappa shape index (κ1) is 12.3. The van der Waals surface area contributed by atoms with E-state index >= 15 is 0 Å². The largest absolute Gasteiger partial charge is 0.0654 e. The standard InChI is InChI=1S/C15H24/c1-5-7-10-14(6-2)15-11-8-9-12(3)13(15)4/h8-9,11,14H,5-7,10H2,1-4H3/t14-/m1/s1. The zero-order valence-corrected chi connectivity index (χ0v) is 10.6. The van der Waals surface area contributed by atoms with E-state index in [1.165, 1.54) is 36.8 Å². The Morgan fingerprint density at radius 2 is 1.87 bits per heavy atom. The maximum Gasteiger partial charge on any atom is -0.0162 e. The Balaban J connectivity index is 2.86. The van der Waals surface area contributed by atoms with E-state index in [1.54, 1.807) is 5.56 Å². The molecule has 0 saturated carbocycles. The summed E-state index contributed by atoms with van der Waals surface area (Å²) in [4.78, 5) is 0. The second-order valence-corrected chi connectivity index (χ2v) is 4.54. The van der Waals surface area contributed by atoms with Gasteiger partial charge in [0.15, 0.2) is 0 Å². The third-order valence-electron chi connectivity index (χ3n) is 3.49. The number of benzene rings is 1. The van der Waals surface area contributed by atoms with Gasteiger partial charge in [-0.05, 0) is 49.3 Å². The second-order valence-electron chi connectivity index (χ2n) is 4.54. The summed E-state index contributed by atoms with van der Waals surface area (Å²) in [5.74, 6) is 0.768. The third kappa shape index (κ3) is 3.09. The van der Waals surface area contributed by atoms with Crippen molar-refractivity contribution in [3.05, 3.63) is 34.9 Å². The van der Waals surface area contributed by atoms with Crippen molar-refractivity contribution in [1.29, 1.82) is 0 Å². The van der Waals surface area contributed by atoms with Crippen LogP contribution in [0, 0.1) is 13.8 Å². The van der Waals surface area contributed by atoms with Gasteiger partial charge in [-0.25, -0.2) is 0 Å². The smallest absolute Gasteiger partial charge is 0.0162 e. The number of hydrogen-bond acceptors (Lipinski definition) is 0. The van der Waals surface area contributed by atoms with Gasteiger partial charge >= 0.3 is 0 Å². The van der Waals surface area contributed by atoms with Crippen molar-refractivity contribution in [3.63, 3.8) is 0 Å². The Labute approximate surface area is 94.7 Å². The summed E-state index contributed by atoms with van der Waals surface area (Å²) in [6.07, 6.45) is 5.27. The summed E-state index contributed by atoms with van der Waals surface area (Å²) in [6.45, 7) is 9.06. The van der Waals surface area contributed by atoms with Crippen molar-refractivity contribution in [2.24, 2.45) is 0 Å². The van der Waals surface area contributed by atoms with Gasteiger partial charge in [-0.1, -0.05) is 44.9 Å². The van der Waals surface area contributed by atoms with Crippen LogP contribution in [0.2, 0.25) is 0 Å². The lowest BCUT2D eigenvalue weighted by molar-refractivity contribution is 0.567. The van der Waals surface area contributed by atoms with Crippen molar-refractivity contribution in [2.75, 3.05) is 0 Å². The fraction of sp³-hybridized carbons (Fsp3) is 0.600. The van der Waals surface area contributed by atoms with Gasteiger partial charge in [-0.2, -0.15) is 0 Å². The van der Waals surface area contributed by atoms with Gasteiger partial charge in [-0.3, -0.25) is 0 Å². The van der Waals surface area contributed by atoms with E-state index in [0.717, 1.165) is 5.92 Å². The fourth-order valence-electron chi connectivity index (χ4n) is 2.25. The molecule has 0 saturated heterocycles. The Kier molecular flexibility index (Phi) is 4.87. The van der Waals surface area contributed by atoms with Crippen LogP contribution in [0.15, 0.2) is 18.2 Å². The Bertz CT molecular complexity index is 299. The first-order valence-corrected chi connectivity index (χ1v) is 6.26. The lowest BCUT2D eigenvalue weighted by atomic mass is 9.87. The minimum atomic E-state index is 0.768. The van der Waals surface area contributed by atoms with Gasteiger partial charge in [-0.15, -0.1) is 0 Å². The van der Waals surface area contributed by atoms with Crippen molar-refractivity contribution in [2.45, 2.75) is 59.3 Å². The molecule has 0 heterocycles. The molecule has 0 aliphatic carbocycles. The molecule has 0 aromatic heterocycles. The number of hydrogen-bond donors (Lipinski definition) is 0. The topological polar surface area (TPSA) is 0 Å². The molecule has 0 unspecified atom stereocenters. The van der Waals surface area contributed by atoms with Crippen molar-refractivity contribution >= 4 is 0 Å². The number of unbranched alkanes of at least 4 members (excludes halogenated alkanes) is 1. The van der Waals surface area contributed by atoms with Crippen LogP contribution in [0.3, 0.4) is 0 Å². The van der Waals surface area contributed by atoms with E-state index in [0.29, 0.717) is 0 Å². The number of aryl methyl sites for hydroxylation is 1. The van der Waals surface area contributed by atoms with Crippen LogP contribution in [-0.4, -0.2) is 0 Å². The van der Waals surface area contributed by atoms with Crippen LogP contribution in [0.4, 0.5) is 0 Å². The highest BCUT2D eigenvalue weighted by Crippen LogP contribution is 2.29. The summed E-state index contributed by atoms with van der Waals surface area (Å²) in [5, 5.41) is 0. The molecule has 0 fully saturated rings. The average Bonchev–Trinajstić information content (AvgIpc) is 2.25. The maximum absolute atomic E-state index is 2.31. The zero-order chi connectivity index (χ0) is 11.3. The molecular weight excluding hydrogens is 180 g/mol. The molecule has 0 radical (unpaired) electrons. The predicted octanol–water partition coefficient (Wildman–Crippen LogP) is 4.99.